The summed E-state index contributed by atoms with van der Waals surface area (Å²) in [7, 11) is 0. The number of phenols is 1. The molecule has 5 N–H and O–H groups in total. The van der Waals surface area contributed by atoms with Gasteiger partial charge in [0.2, 0.25) is 11.8 Å². The number of amides is 2. The molecule has 7 fully saturated rings. The molecule has 0 radical (unpaired) electrons. The Hall–Kier alpha value is -5.70. The SMILES string of the molecule is Cc1ncsc1-c1ccc([C@H](C)NC(=O)[C@@H]2C[C@@H](O)CN2C(=O)[C@@H](c2cc(N3CCC(CN4CCC(OC5CC(CN6CCC(N7C8CC[C@@H]7CN(c7cc(-c9ccccc9O)nnc7N)C8)CC6)C5)CC4)CC3)no2)C(C)C)cc1. The van der Waals surface area contributed by atoms with Crippen LogP contribution in [0.3, 0.4) is 0 Å². The van der Waals surface area contributed by atoms with Gasteiger partial charge in [0.05, 0.1) is 51.8 Å². The number of aromatic nitrogens is 4. The van der Waals surface area contributed by atoms with Crippen LogP contribution in [-0.2, 0) is 14.3 Å². The van der Waals surface area contributed by atoms with Gasteiger partial charge in [-0.3, -0.25) is 14.5 Å². The van der Waals surface area contributed by atoms with Crippen LogP contribution in [0.1, 0.15) is 120 Å². The number of rotatable bonds is 17. The summed E-state index contributed by atoms with van der Waals surface area (Å²) in [6, 6.07) is 19.9. The number of para-hydroxylation sites is 1. The molecule has 18 nitrogen and oxygen atoms in total. The van der Waals surface area contributed by atoms with Crippen LogP contribution < -0.4 is 20.9 Å². The smallest absolute Gasteiger partial charge is 0.243 e. The first kappa shape index (κ1) is 55.8. The lowest BCUT2D eigenvalue weighted by molar-refractivity contribution is -0.141. The van der Waals surface area contributed by atoms with E-state index < -0.39 is 18.1 Å². The molecule has 6 saturated heterocycles. The third-order valence-electron chi connectivity index (χ3n) is 19.3. The molecule has 6 atom stereocenters. The van der Waals surface area contributed by atoms with E-state index in [0.717, 1.165) is 111 Å². The summed E-state index contributed by atoms with van der Waals surface area (Å²) in [5.74, 6) is 2.01. The molecule has 1 aliphatic carbocycles. The normalized spacial score (nSPS) is 26.3. The number of aliphatic hydroxyl groups is 1. The molecule has 81 heavy (non-hydrogen) atoms. The number of hydrogen-bond acceptors (Lipinski definition) is 17. The van der Waals surface area contributed by atoms with E-state index in [1.807, 2.05) is 87.8 Å². The summed E-state index contributed by atoms with van der Waals surface area (Å²) < 4.78 is 12.7. The number of aliphatic hydroxyl groups excluding tert-OH is 1. The number of hydrogen-bond donors (Lipinski definition) is 4. The summed E-state index contributed by atoms with van der Waals surface area (Å²) in [5.41, 5.74) is 13.6. The molecular weight excluding hydrogens is 1040 g/mol. The number of carbonyl (C=O) groups is 2. The first-order chi connectivity index (χ1) is 39.3. The van der Waals surface area contributed by atoms with Gasteiger partial charge < -0.3 is 55.0 Å². The summed E-state index contributed by atoms with van der Waals surface area (Å²) >= 11 is 1.61. The lowest BCUT2D eigenvalue weighted by Crippen LogP contribution is -2.59. The fourth-order valence-electron chi connectivity index (χ4n) is 14.8. The average Bonchev–Trinajstić information content (AvgIpc) is 4.30. The standard InChI is InChI=1S/C62H84N12O6S/c1-38(2)58(62(78)73-36-48(75)29-54(73)61(77)65-39(3)43-9-11-44(12-10-43)59-40(4)64-37-81-59)56-31-57(68-80-56)71-25-15-41(16-26-71)32-70-23-19-49(20-24-70)79-50-27-42(28-50)33-69-21-17-45(18-22-69)74-46-13-14-47(74)35-72(34-46)53-30-52(66-67-60(53)63)51-7-5-6-8-55(51)76/h5-12,30-31,37-39,41-42,45-50,54,58,75-76H,13-29,32-36H2,1-4H3,(H2,63,67)(H,65,77)/t39-,42?,46+,47?,48+,50?,54-,58+/m0/s1. The van der Waals surface area contributed by atoms with Gasteiger partial charge in [-0.2, -0.15) is 0 Å². The number of aryl methyl sites for hydroxylation is 1. The second-order valence-corrected chi connectivity index (χ2v) is 26.0. The Morgan fingerprint density at radius 1 is 0.790 bits per heavy atom. The minimum atomic E-state index is -0.793. The van der Waals surface area contributed by atoms with E-state index in [2.05, 4.69) is 50.2 Å². The summed E-state index contributed by atoms with van der Waals surface area (Å²) in [6.45, 7) is 18.5. The molecule has 2 amide bonds. The fourth-order valence-corrected chi connectivity index (χ4v) is 15.6. The number of piperazine rings is 1. The molecule has 0 spiro atoms. The highest BCUT2D eigenvalue weighted by molar-refractivity contribution is 7.13. The van der Waals surface area contributed by atoms with Crippen molar-refractivity contribution >= 4 is 40.5 Å². The fraction of sp³-hybridized carbons (Fsp3) is 0.613. The minimum Gasteiger partial charge on any atom is -0.507 e. The number of thiazole rings is 1. The topological polar surface area (TPSA) is 206 Å². The molecule has 434 valence electrons. The van der Waals surface area contributed by atoms with E-state index >= 15 is 0 Å². The number of nitrogens with zero attached hydrogens (tertiary/aromatic N) is 10. The van der Waals surface area contributed by atoms with E-state index in [1.54, 1.807) is 22.3 Å². The van der Waals surface area contributed by atoms with Crippen molar-refractivity contribution < 1.29 is 29.1 Å². The largest absolute Gasteiger partial charge is 0.507 e. The number of benzene rings is 2. The van der Waals surface area contributed by atoms with Gasteiger partial charge in [-0.05, 0) is 138 Å². The van der Waals surface area contributed by atoms with Gasteiger partial charge in [0.25, 0.3) is 0 Å². The van der Waals surface area contributed by atoms with Gasteiger partial charge in [0, 0.05) is 95.1 Å². The van der Waals surface area contributed by atoms with E-state index in [0.29, 0.717) is 59.1 Å². The number of carbonyl (C=O) groups excluding carboxylic acids is 2. The second-order valence-electron chi connectivity index (χ2n) is 25.1. The maximum absolute atomic E-state index is 14.4. The van der Waals surface area contributed by atoms with Gasteiger partial charge in [-0.15, -0.1) is 21.5 Å². The van der Waals surface area contributed by atoms with Crippen LogP contribution >= 0.6 is 11.3 Å². The van der Waals surface area contributed by atoms with Gasteiger partial charge in [0.1, 0.15) is 17.7 Å². The number of fused-ring (bicyclic) bond motifs is 2. The predicted molar refractivity (Wildman–Crippen MR) is 315 cm³/mol. The summed E-state index contributed by atoms with van der Waals surface area (Å²) in [5, 5.41) is 37.5. The van der Waals surface area contributed by atoms with E-state index in [9.17, 15) is 19.8 Å². The second kappa shape index (κ2) is 24.3. The number of piperidine rings is 3. The Bertz CT molecular complexity index is 2930. The molecule has 3 aromatic heterocycles. The Morgan fingerprint density at radius 2 is 1.48 bits per heavy atom. The zero-order chi connectivity index (χ0) is 55.9. The van der Waals surface area contributed by atoms with Crippen molar-refractivity contribution in [3.8, 4) is 27.4 Å². The number of nitrogens with one attached hydrogen (secondary N) is 1. The number of likely N-dealkylation sites (tertiary alicyclic amines) is 3. The van der Waals surface area contributed by atoms with E-state index in [-0.39, 0.29) is 42.5 Å². The van der Waals surface area contributed by atoms with Crippen molar-refractivity contribution in [1.82, 2.24) is 45.3 Å². The van der Waals surface area contributed by atoms with Gasteiger partial charge >= 0.3 is 0 Å². The molecular formula is C62H84N12O6S. The van der Waals surface area contributed by atoms with Crippen molar-refractivity contribution in [2.45, 2.75) is 153 Å². The van der Waals surface area contributed by atoms with Crippen LogP contribution in [0, 0.1) is 24.7 Å². The van der Waals surface area contributed by atoms with Crippen molar-refractivity contribution in [2.75, 3.05) is 87.5 Å². The first-order valence-corrected chi connectivity index (χ1v) is 31.2. The quantitative estimate of drug-likeness (QED) is 0.0703. The lowest BCUT2D eigenvalue weighted by atomic mass is 9.81. The number of phenolic OH excluding ortho intramolecular Hbond substituents is 1. The lowest BCUT2D eigenvalue weighted by Gasteiger charge is -2.49. The van der Waals surface area contributed by atoms with Crippen LogP contribution in [0.4, 0.5) is 17.3 Å². The molecule has 6 aliphatic heterocycles. The minimum absolute atomic E-state index is 0.0951. The number of anilines is 3. The predicted octanol–water partition coefficient (Wildman–Crippen LogP) is 7.72. The maximum Gasteiger partial charge on any atom is 0.243 e. The third-order valence-corrected chi connectivity index (χ3v) is 20.3. The zero-order valence-electron chi connectivity index (χ0n) is 47.8. The highest BCUT2D eigenvalue weighted by Crippen LogP contribution is 2.41. The van der Waals surface area contributed by atoms with Crippen LogP contribution in [-0.4, -0.2) is 176 Å². The molecule has 2 bridgehead atoms. The number of nitrogens with two attached hydrogens (primary N) is 1. The van der Waals surface area contributed by atoms with Crippen molar-refractivity contribution in [1.29, 1.82) is 0 Å². The molecule has 7 aliphatic rings. The zero-order valence-corrected chi connectivity index (χ0v) is 48.6. The number of nitrogen functional groups attached to an aromatic ring is 1. The Morgan fingerprint density at radius 3 is 2.16 bits per heavy atom. The highest BCUT2D eigenvalue weighted by Gasteiger charge is 2.46. The monoisotopic (exact) mass is 1120 g/mol. The molecule has 19 heteroatoms. The first-order valence-electron chi connectivity index (χ1n) is 30.3. The van der Waals surface area contributed by atoms with Crippen molar-refractivity contribution in [3.05, 3.63) is 83.2 Å². The van der Waals surface area contributed by atoms with E-state index in [4.69, 9.17) is 15.0 Å². The van der Waals surface area contributed by atoms with Crippen molar-refractivity contribution in [3.63, 3.8) is 0 Å². The van der Waals surface area contributed by atoms with Crippen LogP contribution in [0.5, 0.6) is 5.75 Å². The van der Waals surface area contributed by atoms with Gasteiger partial charge in [-0.25, -0.2) is 4.98 Å². The molecule has 9 heterocycles. The van der Waals surface area contributed by atoms with Crippen LogP contribution in [0.25, 0.3) is 21.7 Å². The summed E-state index contributed by atoms with van der Waals surface area (Å²) in [6.07, 6.45) is 11.8. The van der Waals surface area contributed by atoms with E-state index in [1.165, 1.54) is 58.2 Å². The molecule has 12 rings (SSSR count). The number of aromatic hydroxyl groups is 1. The maximum atomic E-state index is 14.4. The number of β-amino-alcohol motifs (C(OH)–C–C–N with tert-alkyl or cyclic N) is 1. The molecule has 1 saturated carbocycles. The average molecular weight is 1130 g/mol. The Balaban J connectivity index is 0.540. The highest BCUT2D eigenvalue weighted by atomic mass is 32.1. The summed E-state index contributed by atoms with van der Waals surface area (Å²) in [4.78, 5) is 48.2. The van der Waals surface area contributed by atoms with Gasteiger partial charge in [0.15, 0.2) is 17.4 Å². The van der Waals surface area contributed by atoms with Crippen LogP contribution in [0.2, 0.25) is 0 Å². The van der Waals surface area contributed by atoms with Crippen LogP contribution in [0.15, 0.2) is 70.7 Å². The molecule has 2 aromatic carbocycles. The molecule has 1 unspecified atom stereocenters. The molecule has 5 aromatic rings. The van der Waals surface area contributed by atoms with Crippen molar-refractivity contribution in [2.24, 2.45) is 17.8 Å². The number of ether oxygens (including phenoxy) is 1. The van der Waals surface area contributed by atoms with Gasteiger partial charge in [-0.1, -0.05) is 55.4 Å². The Kier molecular flexibility index (Phi) is 16.7. The third kappa shape index (κ3) is 12.2. The Labute approximate surface area is 481 Å².